The van der Waals surface area contributed by atoms with Crippen LogP contribution >= 0.6 is 11.8 Å². The maximum absolute atomic E-state index is 13.0. The minimum atomic E-state index is -4.55. The number of rotatable bonds is 1. The summed E-state index contributed by atoms with van der Waals surface area (Å²) in [5.41, 5.74) is -0.517. The predicted octanol–water partition coefficient (Wildman–Crippen LogP) is 1.23. The van der Waals surface area contributed by atoms with Gasteiger partial charge in [0.05, 0.1) is 5.88 Å². The molecule has 1 N–H and O–H groups in total. The summed E-state index contributed by atoms with van der Waals surface area (Å²) in [6.45, 7) is 1.57. The number of aromatic nitrogens is 2. The van der Waals surface area contributed by atoms with E-state index in [9.17, 15) is 22.8 Å². The van der Waals surface area contributed by atoms with E-state index in [1.165, 1.54) is 28.5 Å². The Morgan fingerprint density at radius 2 is 2.13 bits per heavy atom. The highest BCUT2D eigenvalue weighted by Gasteiger charge is 2.42. The number of aromatic amines is 1. The number of amides is 2. The monoisotopic (exact) mass is 348 g/mol. The van der Waals surface area contributed by atoms with Crippen molar-refractivity contribution in [2.24, 2.45) is 0 Å². The van der Waals surface area contributed by atoms with E-state index >= 15 is 0 Å². The van der Waals surface area contributed by atoms with Gasteiger partial charge in [0.2, 0.25) is 11.8 Å². The summed E-state index contributed by atoms with van der Waals surface area (Å²) in [4.78, 5) is 27.0. The molecule has 23 heavy (non-hydrogen) atoms. The van der Waals surface area contributed by atoms with Gasteiger partial charge < -0.3 is 9.80 Å². The predicted molar refractivity (Wildman–Crippen MR) is 76.3 cm³/mol. The van der Waals surface area contributed by atoms with Gasteiger partial charge in [-0.15, -0.1) is 11.8 Å². The zero-order valence-electron chi connectivity index (χ0n) is 12.3. The van der Waals surface area contributed by atoms with Crippen molar-refractivity contribution in [3.8, 4) is 0 Å². The number of fused-ring (bicyclic) bond motifs is 1. The van der Waals surface area contributed by atoms with Crippen LogP contribution in [0.1, 0.15) is 23.9 Å². The van der Waals surface area contributed by atoms with Crippen LogP contribution in [0.5, 0.6) is 0 Å². The van der Waals surface area contributed by atoms with Crippen molar-refractivity contribution in [3.63, 3.8) is 0 Å². The first-order chi connectivity index (χ1) is 10.8. The number of alkyl halides is 3. The first-order valence-corrected chi connectivity index (χ1v) is 8.21. The van der Waals surface area contributed by atoms with Crippen molar-refractivity contribution >= 4 is 23.6 Å². The van der Waals surface area contributed by atoms with Crippen LogP contribution in [-0.4, -0.2) is 56.0 Å². The Morgan fingerprint density at radius 1 is 1.39 bits per heavy atom. The molecule has 10 heteroatoms. The maximum atomic E-state index is 13.0. The highest BCUT2D eigenvalue weighted by atomic mass is 32.2. The molecule has 6 nitrogen and oxygen atoms in total. The Morgan fingerprint density at radius 3 is 2.78 bits per heavy atom. The highest BCUT2D eigenvalue weighted by Crippen LogP contribution is 2.34. The lowest BCUT2D eigenvalue weighted by Crippen LogP contribution is -2.49. The number of thioether (sulfide) groups is 1. The minimum Gasteiger partial charge on any atom is -0.336 e. The van der Waals surface area contributed by atoms with Crippen LogP contribution < -0.4 is 0 Å². The van der Waals surface area contributed by atoms with Gasteiger partial charge in [0.15, 0.2) is 5.69 Å². The standard InChI is InChI=1S/C13H15F3N4O2S/c1-7(21)20-6-23-5-10(20)12(22)19-3-2-9-8(4-19)11(18-17-9)13(14,15)16/h10H,2-6H2,1H3,(H,17,18). The second-order valence-electron chi connectivity index (χ2n) is 5.54. The van der Waals surface area contributed by atoms with Crippen LogP contribution in [0.2, 0.25) is 0 Å². The Bertz CT molecular complexity index is 646. The third kappa shape index (κ3) is 2.91. The molecule has 0 radical (unpaired) electrons. The molecule has 2 aliphatic rings. The molecule has 1 fully saturated rings. The highest BCUT2D eigenvalue weighted by molar-refractivity contribution is 7.99. The first-order valence-electron chi connectivity index (χ1n) is 7.06. The van der Waals surface area contributed by atoms with Crippen molar-refractivity contribution in [1.29, 1.82) is 0 Å². The molecule has 126 valence electrons. The Balaban J connectivity index is 1.80. The number of H-pyrrole nitrogens is 1. The van der Waals surface area contributed by atoms with Gasteiger partial charge in [-0.05, 0) is 0 Å². The van der Waals surface area contributed by atoms with E-state index in [-0.39, 0.29) is 23.9 Å². The van der Waals surface area contributed by atoms with E-state index in [2.05, 4.69) is 10.2 Å². The molecule has 2 amide bonds. The molecule has 2 aliphatic heterocycles. The Hall–Kier alpha value is -1.71. The van der Waals surface area contributed by atoms with Crippen LogP contribution in [0.15, 0.2) is 0 Å². The number of carbonyl (C=O) groups excluding carboxylic acids is 2. The summed E-state index contributed by atoms with van der Waals surface area (Å²) in [6, 6.07) is -0.597. The number of carbonyl (C=O) groups is 2. The second-order valence-corrected chi connectivity index (χ2v) is 6.54. The Labute approximate surface area is 134 Å². The smallest absolute Gasteiger partial charge is 0.336 e. The average Bonchev–Trinajstić information content (AvgIpc) is 3.11. The van der Waals surface area contributed by atoms with Gasteiger partial charge in [0, 0.05) is 43.4 Å². The number of nitrogens with zero attached hydrogens (tertiary/aromatic N) is 3. The fraction of sp³-hybridized carbons (Fsp3) is 0.615. The van der Waals surface area contributed by atoms with Gasteiger partial charge in [-0.3, -0.25) is 14.7 Å². The van der Waals surface area contributed by atoms with E-state index in [1.807, 2.05) is 0 Å². The zero-order valence-corrected chi connectivity index (χ0v) is 13.1. The fourth-order valence-corrected chi connectivity index (χ4v) is 4.10. The third-order valence-corrected chi connectivity index (χ3v) is 5.10. The summed E-state index contributed by atoms with van der Waals surface area (Å²) < 4.78 is 38.9. The van der Waals surface area contributed by atoms with E-state index in [0.29, 0.717) is 30.3 Å². The van der Waals surface area contributed by atoms with Crippen LogP contribution in [0.3, 0.4) is 0 Å². The molecule has 1 unspecified atom stereocenters. The molecule has 3 rings (SSSR count). The van der Waals surface area contributed by atoms with E-state index in [0.717, 1.165) is 0 Å². The maximum Gasteiger partial charge on any atom is 0.435 e. The number of hydrogen-bond donors (Lipinski definition) is 1. The SMILES string of the molecule is CC(=O)N1CSCC1C(=O)N1CCc2[nH]nc(C(F)(F)F)c2C1. The summed E-state index contributed by atoms with van der Waals surface area (Å²) in [5, 5.41) is 5.76. The van der Waals surface area contributed by atoms with Gasteiger partial charge in [0.1, 0.15) is 6.04 Å². The van der Waals surface area contributed by atoms with E-state index in [1.54, 1.807) is 0 Å². The largest absolute Gasteiger partial charge is 0.435 e. The van der Waals surface area contributed by atoms with Crippen molar-refractivity contribution in [2.45, 2.75) is 32.1 Å². The van der Waals surface area contributed by atoms with Crippen molar-refractivity contribution in [2.75, 3.05) is 18.2 Å². The molecule has 0 bridgehead atoms. The van der Waals surface area contributed by atoms with Crippen molar-refractivity contribution in [3.05, 3.63) is 17.0 Å². The summed E-state index contributed by atoms with van der Waals surface area (Å²) >= 11 is 1.46. The summed E-state index contributed by atoms with van der Waals surface area (Å²) in [6.07, 6.45) is -4.26. The number of nitrogens with one attached hydrogen (secondary N) is 1. The van der Waals surface area contributed by atoms with Gasteiger partial charge in [-0.1, -0.05) is 0 Å². The van der Waals surface area contributed by atoms with Gasteiger partial charge >= 0.3 is 6.18 Å². The average molecular weight is 348 g/mol. The molecule has 1 saturated heterocycles. The lowest BCUT2D eigenvalue weighted by atomic mass is 10.0. The van der Waals surface area contributed by atoms with E-state index in [4.69, 9.17) is 0 Å². The topological polar surface area (TPSA) is 69.3 Å². The van der Waals surface area contributed by atoms with Gasteiger partial charge in [-0.25, -0.2) is 0 Å². The van der Waals surface area contributed by atoms with Crippen LogP contribution in [0, 0.1) is 0 Å². The molecular weight excluding hydrogens is 333 g/mol. The van der Waals surface area contributed by atoms with Gasteiger partial charge in [-0.2, -0.15) is 18.3 Å². The molecule has 1 aromatic rings. The normalized spacial score (nSPS) is 21.5. The molecule has 1 atom stereocenters. The number of hydrogen-bond acceptors (Lipinski definition) is 4. The molecule has 3 heterocycles. The minimum absolute atomic E-state index is 0.0251. The molecule has 1 aromatic heterocycles. The number of halogens is 3. The van der Waals surface area contributed by atoms with Crippen LogP contribution in [0.25, 0.3) is 0 Å². The quantitative estimate of drug-likeness (QED) is 0.829. The Kier molecular flexibility index (Phi) is 4.03. The molecule has 0 saturated carbocycles. The molecule has 0 spiro atoms. The molecular formula is C13H15F3N4O2S. The third-order valence-electron chi connectivity index (χ3n) is 4.09. The van der Waals surface area contributed by atoms with Crippen molar-refractivity contribution < 1.29 is 22.8 Å². The zero-order chi connectivity index (χ0) is 16.8. The van der Waals surface area contributed by atoms with E-state index < -0.39 is 17.9 Å². The van der Waals surface area contributed by atoms with Crippen LogP contribution in [0.4, 0.5) is 13.2 Å². The summed E-state index contributed by atoms with van der Waals surface area (Å²) in [5.74, 6) is 0.402. The first kappa shape index (κ1) is 16.2. The summed E-state index contributed by atoms with van der Waals surface area (Å²) in [7, 11) is 0. The lowest BCUT2D eigenvalue weighted by molar-refractivity contribution is -0.145. The fourth-order valence-electron chi connectivity index (χ4n) is 2.89. The lowest BCUT2D eigenvalue weighted by Gasteiger charge is -2.32. The van der Waals surface area contributed by atoms with Crippen LogP contribution in [-0.2, 0) is 28.7 Å². The molecule has 0 aliphatic carbocycles. The molecule has 0 aromatic carbocycles. The van der Waals surface area contributed by atoms with Crippen molar-refractivity contribution in [1.82, 2.24) is 20.0 Å². The van der Waals surface area contributed by atoms with Gasteiger partial charge in [0.25, 0.3) is 0 Å². The second kappa shape index (κ2) is 5.73.